The van der Waals surface area contributed by atoms with E-state index >= 15 is 0 Å². The van der Waals surface area contributed by atoms with Crippen molar-refractivity contribution in [1.82, 2.24) is 4.90 Å². The second-order valence-electron chi connectivity index (χ2n) is 6.04. The number of rotatable bonds is 4. The lowest BCUT2D eigenvalue weighted by Crippen LogP contribution is -2.29. The first kappa shape index (κ1) is 16.2. The quantitative estimate of drug-likeness (QED) is 0.907. The van der Waals surface area contributed by atoms with Crippen LogP contribution in [-0.2, 0) is 0 Å². The highest BCUT2D eigenvalue weighted by molar-refractivity contribution is 6.04. The topological polar surface area (TPSA) is 75.4 Å². The van der Waals surface area contributed by atoms with E-state index in [1.165, 1.54) is 0 Å². The molecule has 0 aromatic heterocycles. The van der Waals surface area contributed by atoms with E-state index in [-0.39, 0.29) is 11.8 Å². The van der Waals surface area contributed by atoms with E-state index in [9.17, 15) is 9.59 Å². The van der Waals surface area contributed by atoms with Gasteiger partial charge in [0.25, 0.3) is 11.8 Å². The minimum atomic E-state index is -0.167. The van der Waals surface area contributed by atoms with Gasteiger partial charge in [-0.15, -0.1) is 0 Å². The molecule has 0 saturated carbocycles. The number of amides is 2. The van der Waals surface area contributed by atoms with E-state index in [0.717, 1.165) is 19.5 Å². The highest BCUT2D eigenvalue weighted by Gasteiger charge is 2.25. The largest absolute Gasteiger partial charge is 0.338 e. The molecule has 1 fully saturated rings. The Hall–Kier alpha value is -2.66. The SMILES string of the molecule is NCC1CCN(C(=O)c2ccc(NC(=O)c3ccccc3)cc2)C1. The number of hydrogen-bond donors (Lipinski definition) is 2. The lowest BCUT2D eigenvalue weighted by Gasteiger charge is -2.16. The number of carbonyl (C=O) groups excluding carboxylic acids is 2. The number of benzene rings is 2. The Morgan fingerprint density at radius 1 is 1.04 bits per heavy atom. The van der Waals surface area contributed by atoms with Gasteiger partial charge in [-0.05, 0) is 55.3 Å². The van der Waals surface area contributed by atoms with Gasteiger partial charge in [-0.25, -0.2) is 0 Å². The molecule has 1 aliphatic heterocycles. The average Bonchev–Trinajstić information content (AvgIpc) is 3.11. The van der Waals surface area contributed by atoms with E-state index in [2.05, 4.69) is 5.32 Å². The monoisotopic (exact) mass is 323 g/mol. The summed E-state index contributed by atoms with van der Waals surface area (Å²) in [7, 11) is 0. The smallest absolute Gasteiger partial charge is 0.255 e. The molecule has 2 amide bonds. The van der Waals surface area contributed by atoms with Crippen LogP contribution in [0.15, 0.2) is 54.6 Å². The Kier molecular flexibility index (Phi) is 4.91. The normalized spacial score (nSPS) is 16.9. The molecule has 3 N–H and O–H groups in total. The Bertz CT molecular complexity index is 713. The summed E-state index contributed by atoms with van der Waals surface area (Å²) < 4.78 is 0. The number of likely N-dealkylation sites (tertiary alicyclic amines) is 1. The van der Waals surface area contributed by atoms with Crippen LogP contribution in [0, 0.1) is 5.92 Å². The standard InChI is InChI=1S/C19H21N3O2/c20-12-14-10-11-22(13-14)19(24)16-6-8-17(9-7-16)21-18(23)15-4-2-1-3-5-15/h1-9,14H,10-13,20H2,(H,21,23). The van der Waals surface area contributed by atoms with Gasteiger partial charge in [0, 0.05) is 29.9 Å². The summed E-state index contributed by atoms with van der Waals surface area (Å²) in [6, 6.07) is 16.0. The zero-order valence-electron chi connectivity index (χ0n) is 13.4. The fourth-order valence-corrected chi connectivity index (χ4v) is 2.88. The molecular formula is C19H21N3O2. The van der Waals surface area contributed by atoms with Gasteiger partial charge in [-0.1, -0.05) is 18.2 Å². The predicted octanol–water partition coefficient (Wildman–Crippen LogP) is 2.36. The summed E-state index contributed by atoms with van der Waals surface area (Å²) >= 11 is 0. The van der Waals surface area contributed by atoms with Crippen molar-refractivity contribution >= 4 is 17.5 Å². The minimum Gasteiger partial charge on any atom is -0.338 e. The Morgan fingerprint density at radius 2 is 1.75 bits per heavy atom. The van der Waals surface area contributed by atoms with Crippen LogP contribution in [0.2, 0.25) is 0 Å². The zero-order chi connectivity index (χ0) is 16.9. The molecule has 1 unspecified atom stereocenters. The highest BCUT2D eigenvalue weighted by atomic mass is 16.2. The van der Waals surface area contributed by atoms with Crippen molar-refractivity contribution in [2.75, 3.05) is 25.0 Å². The minimum absolute atomic E-state index is 0.0203. The summed E-state index contributed by atoms with van der Waals surface area (Å²) in [4.78, 5) is 26.4. The molecule has 1 atom stereocenters. The van der Waals surface area contributed by atoms with Crippen LogP contribution in [0.5, 0.6) is 0 Å². The third-order valence-electron chi connectivity index (χ3n) is 4.33. The number of nitrogens with two attached hydrogens (primary N) is 1. The van der Waals surface area contributed by atoms with Crippen LogP contribution in [-0.4, -0.2) is 36.3 Å². The van der Waals surface area contributed by atoms with E-state index in [4.69, 9.17) is 5.73 Å². The highest BCUT2D eigenvalue weighted by Crippen LogP contribution is 2.19. The number of anilines is 1. The lowest BCUT2D eigenvalue weighted by atomic mass is 10.1. The second-order valence-corrected chi connectivity index (χ2v) is 6.04. The Balaban J connectivity index is 1.63. The van der Waals surface area contributed by atoms with Crippen LogP contribution in [0.1, 0.15) is 27.1 Å². The van der Waals surface area contributed by atoms with Crippen LogP contribution in [0.3, 0.4) is 0 Å². The molecule has 124 valence electrons. The molecule has 5 heteroatoms. The Morgan fingerprint density at radius 3 is 2.38 bits per heavy atom. The summed E-state index contributed by atoms with van der Waals surface area (Å²) in [5, 5.41) is 2.83. The fraction of sp³-hybridized carbons (Fsp3) is 0.263. The summed E-state index contributed by atoms with van der Waals surface area (Å²) in [5.74, 6) is 0.255. The predicted molar refractivity (Wildman–Crippen MR) is 93.9 cm³/mol. The molecule has 2 aromatic rings. The van der Waals surface area contributed by atoms with Gasteiger partial charge < -0.3 is 16.0 Å². The average molecular weight is 323 g/mol. The maximum Gasteiger partial charge on any atom is 0.255 e. The van der Waals surface area contributed by atoms with Crippen LogP contribution in [0.4, 0.5) is 5.69 Å². The van der Waals surface area contributed by atoms with Gasteiger partial charge >= 0.3 is 0 Å². The molecular weight excluding hydrogens is 302 g/mol. The van der Waals surface area contributed by atoms with E-state index in [1.54, 1.807) is 36.4 Å². The first-order valence-electron chi connectivity index (χ1n) is 8.13. The van der Waals surface area contributed by atoms with Crippen LogP contribution < -0.4 is 11.1 Å². The molecule has 1 aliphatic rings. The van der Waals surface area contributed by atoms with Gasteiger partial charge in [0.15, 0.2) is 0 Å². The van der Waals surface area contributed by atoms with Crippen molar-refractivity contribution in [2.45, 2.75) is 6.42 Å². The zero-order valence-corrected chi connectivity index (χ0v) is 13.4. The van der Waals surface area contributed by atoms with E-state index < -0.39 is 0 Å². The van der Waals surface area contributed by atoms with E-state index in [1.807, 2.05) is 23.1 Å². The first-order valence-corrected chi connectivity index (χ1v) is 8.13. The lowest BCUT2D eigenvalue weighted by molar-refractivity contribution is 0.0787. The van der Waals surface area contributed by atoms with Gasteiger partial charge in [0.2, 0.25) is 0 Å². The van der Waals surface area contributed by atoms with Crippen molar-refractivity contribution in [1.29, 1.82) is 0 Å². The maximum absolute atomic E-state index is 12.5. The second kappa shape index (κ2) is 7.27. The summed E-state index contributed by atoms with van der Waals surface area (Å²) in [6.07, 6.45) is 0.966. The first-order chi connectivity index (χ1) is 11.7. The molecule has 3 rings (SSSR count). The number of carbonyl (C=O) groups is 2. The maximum atomic E-state index is 12.5. The fourth-order valence-electron chi connectivity index (χ4n) is 2.88. The molecule has 0 spiro atoms. The Labute approximate surface area is 141 Å². The third kappa shape index (κ3) is 3.63. The molecule has 24 heavy (non-hydrogen) atoms. The van der Waals surface area contributed by atoms with Crippen molar-refractivity contribution < 1.29 is 9.59 Å². The van der Waals surface area contributed by atoms with Crippen molar-refractivity contribution in [2.24, 2.45) is 11.7 Å². The van der Waals surface area contributed by atoms with Crippen LogP contribution in [0.25, 0.3) is 0 Å². The molecule has 0 aliphatic carbocycles. The van der Waals surface area contributed by atoms with Gasteiger partial charge in [-0.2, -0.15) is 0 Å². The van der Waals surface area contributed by atoms with Crippen molar-refractivity contribution in [3.8, 4) is 0 Å². The molecule has 2 aromatic carbocycles. The van der Waals surface area contributed by atoms with Crippen LogP contribution >= 0.6 is 0 Å². The van der Waals surface area contributed by atoms with Gasteiger partial charge in [-0.3, -0.25) is 9.59 Å². The number of nitrogens with zero attached hydrogens (tertiary/aromatic N) is 1. The number of nitrogens with one attached hydrogen (secondary N) is 1. The van der Waals surface area contributed by atoms with Gasteiger partial charge in [0.05, 0.1) is 0 Å². The molecule has 5 nitrogen and oxygen atoms in total. The molecule has 0 radical (unpaired) electrons. The van der Waals surface area contributed by atoms with Gasteiger partial charge in [0.1, 0.15) is 0 Å². The van der Waals surface area contributed by atoms with Crippen molar-refractivity contribution in [3.63, 3.8) is 0 Å². The molecule has 0 bridgehead atoms. The van der Waals surface area contributed by atoms with Crippen molar-refractivity contribution in [3.05, 3.63) is 65.7 Å². The molecule has 1 heterocycles. The number of hydrogen-bond acceptors (Lipinski definition) is 3. The third-order valence-corrected chi connectivity index (χ3v) is 4.33. The van der Waals surface area contributed by atoms with E-state index in [0.29, 0.717) is 29.3 Å². The summed E-state index contributed by atoms with van der Waals surface area (Å²) in [5.41, 5.74) is 7.57. The molecule has 1 saturated heterocycles. The summed E-state index contributed by atoms with van der Waals surface area (Å²) in [6.45, 7) is 2.10.